The van der Waals surface area contributed by atoms with Gasteiger partial charge in [0.1, 0.15) is 18.4 Å². The van der Waals surface area contributed by atoms with E-state index in [9.17, 15) is 9.59 Å². The summed E-state index contributed by atoms with van der Waals surface area (Å²) >= 11 is 0. The third kappa shape index (κ3) is 3.30. The van der Waals surface area contributed by atoms with Crippen LogP contribution in [0.5, 0.6) is 5.75 Å². The van der Waals surface area contributed by atoms with Crippen LogP contribution in [0.15, 0.2) is 60.7 Å². The van der Waals surface area contributed by atoms with E-state index < -0.39 is 18.0 Å². The van der Waals surface area contributed by atoms with Crippen LogP contribution in [0.3, 0.4) is 0 Å². The van der Waals surface area contributed by atoms with E-state index in [0.29, 0.717) is 5.75 Å². The molecule has 0 bridgehead atoms. The maximum atomic E-state index is 12.5. The largest absolute Gasteiger partial charge is 0.497 e. The van der Waals surface area contributed by atoms with Gasteiger partial charge in [0, 0.05) is 6.08 Å². The molecule has 3 rings (SSSR count). The van der Waals surface area contributed by atoms with Gasteiger partial charge >= 0.3 is 6.09 Å². The van der Waals surface area contributed by atoms with Crippen molar-refractivity contribution in [2.75, 3.05) is 13.7 Å². The van der Waals surface area contributed by atoms with Crippen LogP contribution < -0.4 is 4.74 Å². The van der Waals surface area contributed by atoms with Crippen molar-refractivity contribution in [3.8, 4) is 5.75 Å². The molecule has 0 aromatic heterocycles. The van der Waals surface area contributed by atoms with Crippen molar-refractivity contribution in [1.82, 2.24) is 4.90 Å². The van der Waals surface area contributed by atoms with Gasteiger partial charge in [0.2, 0.25) is 0 Å². The van der Waals surface area contributed by atoms with Gasteiger partial charge in [-0.3, -0.25) is 4.79 Å². The number of nitrogens with zero attached hydrogens (tertiary/aromatic N) is 1. The number of benzene rings is 2. The van der Waals surface area contributed by atoms with Crippen LogP contribution in [-0.2, 0) is 9.53 Å². The Morgan fingerprint density at radius 3 is 2.75 bits per heavy atom. The first-order valence-electron chi connectivity index (χ1n) is 7.56. The van der Waals surface area contributed by atoms with Gasteiger partial charge in [0.05, 0.1) is 7.11 Å². The molecule has 1 heterocycles. The number of hydrogen-bond acceptors (Lipinski definition) is 4. The molecule has 0 radical (unpaired) electrons. The quantitative estimate of drug-likeness (QED) is 0.809. The minimum atomic E-state index is -0.621. The highest BCUT2D eigenvalue weighted by molar-refractivity contribution is 6.02. The summed E-state index contributed by atoms with van der Waals surface area (Å²) in [5.41, 5.74) is 1.68. The molecular formula is C19H17NO4. The molecule has 1 aliphatic heterocycles. The molecule has 0 spiro atoms. The summed E-state index contributed by atoms with van der Waals surface area (Å²) in [4.78, 5) is 25.6. The second kappa shape index (κ2) is 7.00. The summed E-state index contributed by atoms with van der Waals surface area (Å²) in [6, 6.07) is 16.3. The molecule has 2 aromatic carbocycles. The smallest absolute Gasteiger partial charge is 0.417 e. The van der Waals surface area contributed by atoms with Crippen LogP contribution in [0, 0.1) is 0 Å². The highest BCUT2D eigenvalue weighted by Crippen LogP contribution is 2.28. The normalized spacial score (nSPS) is 17.1. The van der Waals surface area contributed by atoms with Crippen LogP contribution in [0.1, 0.15) is 17.2 Å². The lowest BCUT2D eigenvalue weighted by Crippen LogP contribution is -2.32. The second-order valence-corrected chi connectivity index (χ2v) is 5.32. The fourth-order valence-electron chi connectivity index (χ4n) is 2.58. The maximum Gasteiger partial charge on any atom is 0.417 e. The lowest BCUT2D eigenvalue weighted by atomic mass is 10.1. The molecule has 122 valence electrons. The number of hydrogen-bond donors (Lipinski definition) is 0. The zero-order valence-electron chi connectivity index (χ0n) is 13.2. The molecule has 0 unspecified atom stereocenters. The minimum Gasteiger partial charge on any atom is -0.497 e. The number of cyclic esters (lactones) is 1. The van der Waals surface area contributed by atoms with Crippen LogP contribution >= 0.6 is 0 Å². The molecule has 1 atom stereocenters. The Kier molecular flexibility index (Phi) is 4.61. The predicted octanol–water partition coefficient (Wildman–Crippen LogP) is 3.43. The molecule has 2 aromatic rings. The van der Waals surface area contributed by atoms with Crippen molar-refractivity contribution in [2.24, 2.45) is 0 Å². The van der Waals surface area contributed by atoms with E-state index >= 15 is 0 Å². The van der Waals surface area contributed by atoms with Gasteiger partial charge in [-0.2, -0.15) is 0 Å². The molecule has 1 aliphatic rings. The third-order valence-corrected chi connectivity index (χ3v) is 3.81. The fraction of sp³-hybridized carbons (Fsp3) is 0.158. The first-order chi connectivity index (χ1) is 11.7. The van der Waals surface area contributed by atoms with Gasteiger partial charge in [-0.1, -0.05) is 42.5 Å². The van der Waals surface area contributed by atoms with Crippen LogP contribution in [0.2, 0.25) is 0 Å². The molecule has 5 nitrogen and oxygen atoms in total. The van der Waals surface area contributed by atoms with Crippen molar-refractivity contribution in [1.29, 1.82) is 0 Å². The molecular weight excluding hydrogens is 306 g/mol. The van der Waals surface area contributed by atoms with E-state index in [-0.39, 0.29) is 6.61 Å². The summed E-state index contributed by atoms with van der Waals surface area (Å²) in [5, 5.41) is 0. The molecule has 0 aliphatic carbocycles. The molecule has 24 heavy (non-hydrogen) atoms. The molecule has 0 saturated carbocycles. The van der Waals surface area contributed by atoms with Gasteiger partial charge in [-0.15, -0.1) is 0 Å². The lowest BCUT2D eigenvalue weighted by molar-refractivity contribution is -0.124. The first kappa shape index (κ1) is 15.8. The number of carbonyl (C=O) groups excluding carboxylic acids is 2. The Balaban J connectivity index is 1.79. The summed E-state index contributed by atoms with van der Waals surface area (Å²) in [5.74, 6) is 0.293. The summed E-state index contributed by atoms with van der Waals surface area (Å²) < 4.78 is 10.2. The number of amides is 2. The average molecular weight is 323 g/mol. The Morgan fingerprint density at radius 2 is 2.00 bits per heavy atom. The van der Waals surface area contributed by atoms with E-state index in [4.69, 9.17) is 9.47 Å². The van der Waals surface area contributed by atoms with Crippen molar-refractivity contribution in [3.63, 3.8) is 0 Å². The zero-order valence-corrected chi connectivity index (χ0v) is 13.2. The van der Waals surface area contributed by atoms with Crippen LogP contribution in [0.25, 0.3) is 6.08 Å². The van der Waals surface area contributed by atoms with Gasteiger partial charge in [0.25, 0.3) is 5.91 Å². The first-order valence-corrected chi connectivity index (χ1v) is 7.56. The Morgan fingerprint density at radius 1 is 1.21 bits per heavy atom. The molecule has 1 saturated heterocycles. The SMILES string of the molecule is COc1cccc(/C=C/C(=O)N2C(=O)OC[C@@H]2c2ccccc2)c1. The fourth-order valence-corrected chi connectivity index (χ4v) is 2.58. The van der Waals surface area contributed by atoms with Crippen LogP contribution in [0.4, 0.5) is 4.79 Å². The van der Waals surface area contributed by atoms with Gasteiger partial charge in [0.15, 0.2) is 0 Å². The number of ether oxygens (including phenoxy) is 2. The molecule has 0 N–H and O–H groups in total. The van der Waals surface area contributed by atoms with Crippen molar-refractivity contribution >= 4 is 18.1 Å². The van der Waals surface area contributed by atoms with E-state index in [1.807, 2.05) is 48.5 Å². The summed E-state index contributed by atoms with van der Waals surface area (Å²) in [7, 11) is 1.58. The minimum absolute atomic E-state index is 0.168. The Hall–Kier alpha value is -3.08. The van der Waals surface area contributed by atoms with E-state index in [2.05, 4.69) is 0 Å². The molecule has 5 heteroatoms. The molecule has 1 fully saturated rings. The van der Waals surface area contributed by atoms with E-state index in [1.165, 1.54) is 6.08 Å². The van der Waals surface area contributed by atoms with Crippen molar-refractivity contribution < 1.29 is 19.1 Å². The van der Waals surface area contributed by atoms with Crippen molar-refractivity contribution in [2.45, 2.75) is 6.04 Å². The standard InChI is InChI=1S/C19H17NO4/c1-23-16-9-5-6-14(12-16)10-11-18(21)20-17(13-24-19(20)22)15-7-3-2-4-8-15/h2-12,17H,13H2,1H3/b11-10+/t17-/m1/s1. The summed E-state index contributed by atoms with van der Waals surface area (Å²) in [6.45, 7) is 0.168. The van der Waals surface area contributed by atoms with E-state index in [0.717, 1.165) is 16.0 Å². The third-order valence-electron chi connectivity index (χ3n) is 3.81. The van der Waals surface area contributed by atoms with Crippen molar-refractivity contribution in [3.05, 3.63) is 71.8 Å². The number of rotatable bonds is 4. The number of imide groups is 1. The van der Waals surface area contributed by atoms with Gasteiger partial charge in [-0.25, -0.2) is 9.69 Å². The topological polar surface area (TPSA) is 55.8 Å². The number of methoxy groups -OCH3 is 1. The summed E-state index contributed by atoms with van der Waals surface area (Å²) in [6.07, 6.45) is 2.40. The average Bonchev–Trinajstić information content (AvgIpc) is 3.02. The predicted molar refractivity (Wildman–Crippen MR) is 89.4 cm³/mol. The zero-order chi connectivity index (χ0) is 16.9. The lowest BCUT2D eigenvalue weighted by Gasteiger charge is -2.18. The van der Waals surface area contributed by atoms with Gasteiger partial charge < -0.3 is 9.47 Å². The Labute approximate surface area is 140 Å². The maximum absolute atomic E-state index is 12.5. The van der Waals surface area contributed by atoms with Crippen LogP contribution in [-0.4, -0.2) is 30.6 Å². The second-order valence-electron chi connectivity index (χ2n) is 5.32. The highest BCUT2D eigenvalue weighted by atomic mass is 16.6. The monoisotopic (exact) mass is 323 g/mol. The van der Waals surface area contributed by atoms with E-state index in [1.54, 1.807) is 19.3 Å². The Bertz CT molecular complexity index is 770. The highest BCUT2D eigenvalue weighted by Gasteiger charge is 2.37. The molecule has 2 amide bonds. The van der Waals surface area contributed by atoms with Gasteiger partial charge in [-0.05, 0) is 29.3 Å². The number of carbonyl (C=O) groups is 2.